The maximum atomic E-state index is 13.7. The SMILES string of the molecule is CON=C1C2CC3CC1CC(C2)C3(F)F. The zero-order valence-electron chi connectivity index (χ0n) is 8.75. The monoisotopic (exact) mass is 215 g/mol. The Morgan fingerprint density at radius 3 is 2.00 bits per heavy atom. The molecule has 0 aromatic carbocycles. The number of alkyl halides is 2. The Morgan fingerprint density at radius 1 is 1.13 bits per heavy atom. The molecule has 0 aromatic rings. The van der Waals surface area contributed by atoms with Gasteiger partial charge in [0.25, 0.3) is 5.92 Å². The zero-order valence-corrected chi connectivity index (χ0v) is 8.75. The molecular weight excluding hydrogens is 200 g/mol. The number of nitrogens with zero attached hydrogens (tertiary/aromatic N) is 1. The molecule has 0 radical (unpaired) electrons. The van der Waals surface area contributed by atoms with Gasteiger partial charge in [0.2, 0.25) is 0 Å². The second-order valence-electron chi connectivity index (χ2n) is 5.10. The van der Waals surface area contributed by atoms with Crippen LogP contribution in [0.5, 0.6) is 0 Å². The van der Waals surface area contributed by atoms with Crippen LogP contribution >= 0.6 is 0 Å². The van der Waals surface area contributed by atoms with Crippen LogP contribution in [0.1, 0.15) is 25.7 Å². The highest BCUT2D eigenvalue weighted by atomic mass is 19.3. The minimum absolute atomic E-state index is 0.270. The van der Waals surface area contributed by atoms with Crippen LogP contribution in [-0.2, 0) is 4.84 Å². The van der Waals surface area contributed by atoms with Crippen molar-refractivity contribution in [1.82, 2.24) is 0 Å². The number of hydrogen-bond acceptors (Lipinski definition) is 2. The lowest BCUT2D eigenvalue weighted by atomic mass is 9.53. The largest absolute Gasteiger partial charge is 0.399 e. The van der Waals surface area contributed by atoms with Gasteiger partial charge in [0, 0.05) is 23.7 Å². The third-order valence-electron chi connectivity index (χ3n) is 4.40. The lowest BCUT2D eigenvalue weighted by molar-refractivity contribution is -0.175. The van der Waals surface area contributed by atoms with E-state index < -0.39 is 17.8 Å². The molecule has 4 rings (SSSR count). The van der Waals surface area contributed by atoms with Crippen LogP contribution in [0.25, 0.3) is 0 Å². The number of rotatable bonds is 1. The summed E-state index contributed by atoms with van der Waals surface area (Å²) < 4.78 is 27.5. The van der Waals surface area contributed by atoms with Crippen molar-refractivity contribution in [3.05, 3.63) is 0 Å². The van der Waals surface area contributed by atoms with Gasteiger partial charge in [0.15, 0.2) is 0 Å². The van der Waals surface area contributed by atoms with E-state index in [2.05, 4.69) is 5.16 Å². The summed E-state index contributed by atoms with van der Waals surface area (Å²) >= 11 is 0. The van der Waals surface area contributed by atoms with Gasteiger partial charge >= 0.3 is 0 Å². The first-order valence-corrected chi connectivity index (χ1v) is 5.61. The summed E-state index contributed by atoms with van der Waals surface area (Å²) in [5.41, 5.74) is 1.06. The van der Waals surface area contributed by atoms with Crippen LogP contribution in [0.3, 0.4) is 0 Å². The van der Waals surface area contributed by atoms with Crippen LogP contribution in [0.2, 0.25) is 0 Å². The Kier molecular flexibility index (Phi) is 1.86. The van der Waals surface area contributed by atoms with E-state index in [4.69, 9.17) is 4.84 Å². The Bertz CT molecular complexity index is 280. The maximum absolute atomic E-state index is 13.7. The van der Waals surface area contributed by atoms with Crippen LogP contribution in [-0.4, -0.2) is 18.7 Å². The molecule has 2 nitrogen and oxygen atoms in total. The molecule has 0 unspecified atom stereocenters. The lowest BCUT2D eigenvalue weighted by Gasteiger charge is -2.54. The second-order valence-corrected chi connectivity index (χ2v) is 5.10. The molecule has 0 aromatic heterocycles. The molecule has 84 valence electrons. The highest BCUT2D eigenvalue weighted by Gasteiger charge is 2.61. The summed E-state index contributed by atoms with van der Waals surface area (Å²) in [7, 11) is 1.53. The van der Waals surface area contributed by atoms with E-state index in [1.165, 1.54) is 7.11 Å². The Balaban J connectivity index is 1.92. The van der Waals surface area contributed by atoms with E-state index in [9.17, 15) is 8.78 Å². The summed E-state index contributed by atoms with van der Waals surface area (Å²) in [5.74, 6) is -2.66. The van der Waals surface area contributed by atoms with Gasteiger partial charge in [-0.3, -0.25) is 0 Å². The van der Waals surface area contributed by atoms with E-state index >= 15 is 0 Å². The molecular formula is C11H15F2NO. The summed E-state index contributed by atoms with van der Waals surface area (Å²) in [6.45, 7) is 0. The van der Waals surface area contributed by atoms with Gasteiger partial charge in [-0.05, 0) is 25.7 Å². The Labute approximate surface area is 87.7 Å². The van der Waals surface area contributed by atoms with Crippen molar-refractivity contribution in [2.75, 3.05) is 7.11 Å². The highest BCUT2D eigenvalue weighted by Crippen LogP contribution is 2.59. The van der Waals surface area contributed by atoms with E-state index in [0.29, 0.717) is 25.7 Å². The highest BCUT2D eigenvalue weighted by molar-refractivity contribution is 5.90. The van der Waals surface area contributed by atoms with Crippen molar-refractivity contribution in [2.24, 2.45) is 28.8 Å². The average molecular weight is 215 g/mol. The molecule has 0 amide bonds. The molecule has 0 spiro atoms. The van der Waals surface area contributed by atoms with E-state index in [-0.39, 0.29) is 11.8 Å². The molecule has 0 N–H and O–H groups in total. The Hall–Kier alpha value is -0.670. The van der Waals surface area contributed by atoms with E-state index in [0.717, 1.165) is 5.71 Å². The van der Waals surface area contributed by atoms with Gasteiger partial charge in [-0.25, -0.2) is 8.78 Å². The van der Waals surface area contributed by atoms with Crippen LogP contribution in [0, 0.1) is 23.7 Å². The van der Waals surface area contributed by atoms with Gasteiger partial charge in [-0.2, -0.15) is 0 Å². The predicted molar refractivity (Wildman–Crippen MR) is 51.8 cm³/mol. The maximum Gasteiger partial charge on any atom is 0.253 e. The van der Waals surface area contributed by atoms with Crippen molar-refractivity contribution < 1.29 is 13.6 Å². The fourth-order valence-electron chi connectivity index (χ4n) is 3.79. The number of halogens is 2. The first kappa shape index (κ1) is 9.55. The van der Waals surface area contributed by atoms with Gasteiger partial charge in [0.1, 0.15) is 7.11 Å². The molecule has 4 aliphatic rings. The molecule has 0 atom stereocenters. The first-order valence-electron chi connectivity index (χ1n) is 5.61. The number of hydrogen-bond donors (Lipinski definition) is 0. The molecule has 4 fully saturated rings. The molecule has 0 heterocycles. The smallest absolute Gasteiger partial charge is 0.253 e. The van der Waals surface area contributed by atoms with Crippen molar-refractivity contribution in [3.8, 4) is 0 Å². The summed E-state index contributed by atoms with van der Waals surface area (Å²) in [6, 6.07) is 0. The molecule has 4 saturated carbocycles. The normalized spacial score (nSPS) is 45.7. The Morgan fingerprint density at radius 2 is 1.60 bits per heavy atom. The summed E-state index contributed by atoms with van der Waals surface area (Å²) in [4.78, 5) is 4.82. The lowest BCUT2D eigenvalue weighted by Crippen LogP contribution is -2.56. The minimum Gasteiger partial charge on any atom is -0.399 e. The molecule has 4 aliphatic carbocycles. The average Bonchev–Trinajstić information content (AvgIpc) is 2.15. The first-order chi connectivity index (χ1) is 7.13. The van der Waals surface area contributed by atoms with Crippen molar-refractivity contribution >= 4 is 5.71 Å². The molecule has 15 heavy (non-hydrogen) atoms. The predicted octanol–water partition coefficient (Wildman–Crippen LogP) is 2.69. The summed E-state index contributed by atoms with van der Waals surface area (Å²) in [5, 5.41) is 4.04. The van der Waals surface area contributed by atoms with Crippen molar-refractivity contribution in [1.29, 1.82) is 0 Å². The van der Waals surface area contributed by atoms with Crippen LogP contribution in [0.4, 0.5) is 8.78 Å². The van der Waals surface area contributed by atoms with Gasteiger partial charge in [-0.1, -0.05) is 5.16 Å². The second kappa shape index (κ2) is 2.92. The third kappa shape index (κ3) is 1.16. The van der Waals surface area contributed by atoms with E-state index in [1.54, 1.807) is 0 Å². The fraction of sp³-hybridized carbons (Fsp3) is 0.909. The van der Waals surface area contributed by atoms with Gasteiger partial charge in [0.05, 0.1) is 5.71 Å². The molecule has 4 bridgehead atoms. The van der Waals surface area contributed by atoms with Crippen molar-refractivity contribution in [3.63, 3.8) is 0 Å². The third-order valence-corrected chi connectivity index (χ3v) is 4.40. The quantitative estimate of drug-likeness (QED) is 0.616. The van der Waals surface area contributed by atoms with E-state index in [1.807, 2.05) is 0 Å². The van der Waals surface area contributed by atoms with Crippen molar-refractivity contribution in [2.45, 2.75) is 31.6 Å². The van der Waals surface area contributed by atoms with Gasteiger partial charge < -0.3 is 4.84 Å². The topological polar surface area (TPSA) is 21.6 Å². The number of oxime groups is 1. The van der Waals surface area contributed by atoms with Gasteiger partial charge in [-0.15, -0.1) is 0 Å². The molecule has 0 saturated heterocycles. The standard InChI is InChI=1S/C11H15F2NO/c1-15-14-10-6-2-8-4-7(10)5-9(3-6)11(8,12)13/h6-9H,2-5H2,1H3. The zero-order chi connectivity index (χ0) is 10.6. The van der Waals surface area contributed by atoms with Crippen LogP contribution < -0.4 is 0 Å². The summed E-state index contributed by atoms with van der Waals surface area (Å²) in [6.07, 6.45) is 2.45. The fourth-order valence-corrected chi connectivity index (χ4v) is 3.79. The van der Waals surface area contributed by atoms with Crippen LogP contribution in [0.15, 0.2) is 5.16 Å². The molecule has 4 heteroatoms. The minimum atomic E-state index is -2.41. The molecule has 0 aliphatic heterocycles.